The van der Waals surface area contributed by atoms with Gasteiger partial charge >= 0.3 is 0 Å². The average Bonchev–Trinajstić information content (AvgIpc) is 2.79. The minimum atomic E-state index is -0.825. The maximum atomic E-state index is 12.8. The minimum Gasteiger partial charge on any atom is -0.497 e. The molecule has 0 spiro atoms. The number of carbonyl (C=O) groups is 2. The summed E-state index contributed by atoms with van der Waals surface area (Å²) in [4.78, 5) is 25.5. The Hall–Kier alpha value is -4.00. The zero-order valence-corrected chi connectivity index (χ0v) is 16.3. The fourth-order valence-electron chi connectivity index (χ4n) is 3.05. The second-order valence-corrected chi connectivity index (χ2v) is 6.59. The summed E-state index contributed by atoms with van der Waals surface area (Å²) < 4.78 is 16.5. The van der Waals surface area contributed by atoms with Crippen molar-refractivity contribution in [1.82, 2.24) is 0 Å². The van der Waals surface area contributed by atoms with Gasteiger partial charge in [-0.05, 0) is 36.4 Å². The maximum Gasteiger partial charge on any atom is 0.269 e. The van der Waals surface area contributed by atoms with E-state index in [1.807, 2.05) is 6.07 Å². The molecule has 2 amide bonds. The topological polar surface area (TPSA) is 85.9 Å². The van der Waals surface area contributed by atoms with Crippen molar-refractivity contribution in [3.8, 4) is 17.2 Å². The molecule has 1 aliphatic rings. The molecule has 0 saturated heterocycles. The Morgan fingerprint density at radius 2 is 1.70 bits per heavy atom. The summed E-state index contributed by atoms with van der Waals surface area (Å²) in [6, 6.07) is 21.0. The molecule has 0 aromatic heterocycles. The van der Waals surface area contributed by atoms with E-state index in [1.165, 1.54) is 0 Å². The second-order valence-electron chi connectivity index (χ2n) is 6.59. The normalized spacial score (nSPS) is 14.5. The molecular weight excluding hydrogens is 384 g/mol. The number of fused-ring (bicyclic) bond motifs is 1. The van der Waals surface area contributed by atoms with Gasteiger partial charge in [0.05, 0.1) is 18.4 Å². The van der Waals surface area contributed by atoms with E-state index in [9.17, 15) is 9.59 Å². The van der Waals surface area contributed by atoms with Crippen LogP contribution in [0.5, 0.6) is 17.2 Å². The number of nitrogens with one attached hydrogen (secondary N) is 2. The predicted molar refractivity (Wildman–Crippen MR) is 112 cm³/mol. The number of benzene rings is 3. The standard InChI is InChI=1S/C23H20N2O5/c1-28-16-8-6-7-15(13-16)24-22(26)17-9-2-3-10-18(17)25-23(27)21-14-29-19-11-4-5-12-20(19)30-21/h2-13,21H,14H2,1H3,(H,24,26)(H,25,27)/t21-/m0/s1. The first-order valence-electron chi connectivity index (χ1n) is 9.38. The van der Waals surface area contributed by atoms with E-state index < -0.39 is 12.0 Å². The maximum absolute atomic E-state index is 12.8. The molecule has 0 unspecified atom stereocenters. The van der Waals surface area contributed by atoms with E-state index in [1.54, 1.807) is 73.8 Å². The number of carbonyl (C=O) groups excluding carboxylic acids is 2. The fraction of sp³-hybridized carbons (Fsp3) is 0.130. The molecule has 1 aliphatic heterocycles. The van der Waals surface area contributed by atoms with Crippen LogP contribution in [0.3, 0.4) is 0 Å². The zero-order chi connectivity index (χ0) is 20.9. The summed E-state index contributed by atoms with van der Waals surface area (Å²) in [7, 11) is 1.56. The molecule has 30 heavy (non-hydrogen) atoms. The van der Waals surface area contributed by atoms with Crippen LogP contribution in [0.15, 0.2) is 72.8 Å². The van der Waals surface area contributed by atoms with Crippen LogP contribution in [0.2, 0.25) is 0 Å². The largest absolute Gasteiger partial charge is 0.497 e. The van der Waals surface area contributed by atoms with Crippen LogP contribution in [0.1, 0.15) is 10.4 Å². The summed E-state index contributed by atoms with van der Waals surface area (Å²) in [6.45, 7) is 0.0843. The molecule has 1 atom stereocenters. The van der Waals surface area contributed by atoms with Gasteiger partial charge in [-0.2, -0.15) is 0 Å². The highest BCUT2D eigenvalue weighted by Crippen LogP contribution is 2.31. The van der Waals surface area contributed by atoms with Crippen LogP contribution in [-0.4, -0.2) is 31.6 Å². The Labute approximate surface area is 173 Å². The van der Waals surface area contributed by atoms with E-state index >= 15 is 0 Å². The molecular formula is C23H20N2O5. The first kappa shape index (κ1) is 19.3. The lowest BCUT2D eigenvalue weighted by atomic mass is 10.1. The number of hydrogen-bond donors (Lipinski definition) is 2. The SMILES string of the molecule is COc1cccc(NC(=O)c2ccccc2NC(=O)[C@@H]2COc3ccccc3O2)c1. The van der Waals surface area contributed by atoms with Gasteiger partial charge in [0.1, 0.15) is 12.4 Å². The molecule has 1 heterocycles. The summed E-state index contributed by atoms with van der Waals surface area (Å²) >= 11 is 0. The second kappa shape index (κ2) is 8.57. The van der Waals surface area contributed by atoms with Crippen LogP contribution in [-0.2, 0) is 4.79 Å². The Morgan fingerprint density at radius 3 is 2.53 bits per heavy atom. The highest BCUT2D eigenvalue weighted by molar-refractivity contribution is 6.10. The zero-order valence-electron chi connectivity index (χ0n) is 16.3. The van der Waals surface area contributed by atoms with Crippen LogP contribution in [0.4, 0.5) is 11.4 Å². The van der Waals surface area contributed by atoms with Gasteiger partial charge in [0, 0.05) is 11.8 Å². The molecule has 4 rings (SSSR count). The van der Waals surface area contributed by atoms with Gasteiger partial charge in [-0.15, -0.1) is 0 Å². The average molecular weight is 404 g/mol. The lowest BCUT2D eigenvalue weighted by Crippen LogP contribution is -2.40. The summed E-state index contributed by atoms with van der Waals surface area (Å²) in [5.74, 6) is 0.980. The van der Waals surface area contributed by atoms with Crippen LogP contribution in [0, 0.1) is 0 Å². The van der Waals surface area contributed by atoms with Gasteiger partial charge in [0.2, 0.25) is 6.10 Å². The summed E-state index contributed by atoms with van der Waals surface area (Å²) in [5, 5.41) is 5.58. The van der Waals surface area contributed by atoms with Crippen LogP contribution >= 0.6 is 0 Å². The molecule has 7 nitrogen and oxygen atoms in total. The number of hydrogen-bond acceptors (Lipinski definition) is 5. The predicted octanol–water partition coefficient (Wildman–Crippen LogP) is 3.73. The third-order valence-electron chi connectivity index (χ3n) is 4.56. The lowest BCUT2D eigenvalue weighted by molar-refractivity contribution is -0.125. The molecule has 0 saturated carbocycles. The third-order valence-corrected chi connectivity index (χ3v) is 4.56. The number of anilines is 2. The van der Waals surface area contributed by atoms with Crippen molar-refractivity contribution in [1.29, 1.82) is 0 Å². The third kappa shape index (κ3) is 4.20. The van der Waals surface area contributed by atoms with Gasteiger partial charge in [-0.3, -0.25) is 9.59 Å². The van der Waals surface area contributed by atoms with Crippen molar-refractivity contribution in [2.45, 2.75) is 6.10 Å². The summed E-state index contributed by atoms with van der Waals surface area (Å²) in [6.07, 6.45) is -0.825. The summed E-state index contributed by atoms with van der Waals surface area (Å²) in [5.41, 5.74) is 1.29. The van der Waals surface area contributed by atoms with Crippen molar-refractivity contribution in [3.05, 3.63) is 78.4 Å². The number of ether oxygens (including phenoxy) is 3. The lowest BCUT2D eigenvalue weighted by Gasteiger charge is -2.25. The highest BCUT2D eigenvalue weighted by Gasteiger charge is 2.28. The monoisotopic (exact) mass is 404 g/mol. The van der Waals surface area contributed by atoms with Crippen molar-refractivity contribution < 1.29 is 23.8 Å². The van der Waals surface area contributed by atoms with E-state index in [2.05, 4.69) is 10.6 Å². The van der Waals surface area contributed by atoms with Gasteiger partial charge in [-0.1, -0.05) is 30.3 Å². The van der Waals surface area contributed by atoms with Crippen molar-refractivity contribution in [2.75, 3.05) is 24.4 Å². The van der Waals surface area contributed by atoms with Gasteiger partial charge in [0.15, 0.2) is 11.5 Å². The first-order valence-corrected chi connectivity index (χ1v) is 9.38. The van der Waals surface area contributed by atoms with E-state index in [0.717, 1.165) is 0 Å². The molecule has 0 bridgehead atoms. The van der Waals surface area contributed by atoms with Crippen molar-refractivity contribution >= 4 is 23.2 Å². The van der Waals surface area contributed by atoms with E-state index in [-0.39, 0.29) is 12.5 Å². The first-order chi connectivity index (χ1) is 14.6. The Morgan fingerprint density at radius 1 is 0.933 bits per heavy atom. The van der Waals surface area contributed by atoms with Gasteiger partial charge in [-0.25, -0.2) is 0 Å². The fourth-order valence-corrected chi connectivity index (χ4v) is 3.05. The molecule has 0 fully saturated rings. The number of methoxy groups -OCH3 is 1. The molecule has 7 heteroatoms. The molecule has 0 aliphatic carbocycles. The molecule has 152 valence electrons. The van der Waals surface area contributed by atoms with Crippen molar-refractivity contribution in [2.24, 2.45) is 0 Å². The molecule has 3 aromatic carbocycles. The van der Waals surface area contributed by atoms with Crippen LogP contribution < -0.4 is 24.8 Å². The quantitative estimate of drug-likeness (QED) is 0.677. The highest BCUT2D eigenvalue weighted by atomic mass is 16.6. The van der Waals surface area contributed by atoms with E-state index in [4.69, 9.17) is 14.2 Å². The smallest absolute Gasteiger partial charge is 0.269 e. The minimum absolute atomic E-state index is 0.0843. The molecule has 3 aromatic rings. The van der Waals surface area contributed by atoms with Crippen LogP contribution in [0.25, 0.3) is 0 Å². The van der Waals surface area contributed by atoms with Gasteiger partial charge < -0.3 is 24.8 Å². The molecule has 2 N–H and O–H groups in total. The number of para-hydroxylation sites is 3. The Bertz CT molecular complexity index is 1080. The Kier molecular flexibility index (Phi) is 5.52. The molecule has 0 radical (unpaired) electrons. The number of amides is 2. The van der Waals surface area contributed by atoms with Gasteiger partial charge in [0.25, 0.3) is 11.8 Å². The van der Waals surface area contributed by atoms with E-state index in [0.29, 0.717) is 34.2 Å². The van der Waals surface area contributed by atoms with Crippen molar-refractivity contribution in [3.63, 3.8) is 0 Å². The number of rotatable bonds is 5. The Balaban J connectivity index is 1.48.